The average molecular weight is 401 g/mol. The van der Waals surface area contributed by atoms with Crippen LogP contribution < -0.4 is 5.32 Å². The number of unbranched alkanes of at least 4 members (excludes halogenated alkanes) is 1. The SMILES string of the molecule is CCCCNC(=O)[C@H](C)N(Cc1cccc(C)c1)C(=O)Cc1cccc(Cl)c1. The number of halogens is 1. The first-order valence-electron chi connectivity index (χ1n) is 9.78. The Morgan fingerprint density at radius 2 is 1.82 bits per heavy atom. The van der Waals surface area contributed by atoms with E-state index in [1.54, 1.807) is 24.0 Å². The molecule has 1 atom stereocenters. The van der Waals surface area contributed by atoms with E-state index in [0.717, 1.165) is 29.5 Å². The third-order valence-electron chi connectivity index (χ3n) is 4.68. The lowest BCUT2D eigenvalue weighted by atomic mass is 10.1. The van der Waals surface area contributed by atoms with Crippen LogP contribution in [-0.4, -0.2) is 29.3 Å². The fourth-order valence-electron chi connectivity index (χ4n) is 3.05. The molecule has 2 rings (SSSR count). The van der Waals surface area contributed by atoms with Gasteiger partial charge >= 0.3 is 0 Å². The van der Waals surface area contributed by atoms with Gasteiger partial charge in [-0.1, -0.05) is 66.9 Å². The molecule has 0 aromatic heterocycles. The maximum absolute atomic E-state index is 13.1. The molecule has 150 valence electrons. The molecule has 0 bridgehead atoms. The summed E-state index contributed by atoms with van der Waals surface area (Å²) in [6, 6.07) is 14.7. The number of hydrogen-bond acceptors (Lipinski definition) is 2. The van der Waals surface area contributed by atoms with Crippen molar-refractivity contribution in [2.45, 2.75) is 52.6 Å². The molecule has 0 spiro atoms. The smallest absolute Gasteiger partial charge is 0.242 e. The van der Waals surface area contributed by atoms with Gasteiger partial charge in [-0.2, -0.15) is 0 Å². The highest BCUT2D eigenvalue weighted by atomic mass is 35.5. The van der Waals surface area contributed by atoms with Gasteiger partial charge in [-0.25, -0.2) is 0 Å². The number of rotatable bonds is 9. The molecule has 0 aliphatic heterocycles. The van der Waals surface area contributed by atoms with Crippen LogP contribution in [0.1, 0.15) is 43.4 Å². The number of carbonyl (C=O) groups excluding carboxylic acids is 2. The maximum Gasteiger partial charge on any atom is 0.242 e. The lowest BCUT2D eigenvalue weighted by Crippen LogP contribution is -2.48. The van der Waals surface area contributed by atoms with Crippen LogP contribution >= 0.6 is 11.6 Å². The van der Waals surface area contributed by atoms with E-state index in [1.165, 1.54) is 0 Å². The Labute approximate surface area is 172 Å². The van der Waals surface area contributed by atoms with Crippen molar-refractivity contribution >= 4 is 23.4 Å². The summed E-state index contributed by atoms with van der Waals surface area (Å²) in [7, 11) is 0. The van der Waals surface area contributed by atoms with E-state index in [9.17, 15) is 9.59 Å². The largest absolute Gasteiger partial charge is 0.354 e. The van der Waals surface area contributed by atoms with Gasteiger partial charge in [0.1, 0.15) is 6.04 Å². The van der Waals surface area contributed by atoms with E-state index in [0.29, 0.717) is 18.1 Å². The van der Waals surface area contributed by atoms with Gasteiger partial charge in [-0.3, -0.25) is 9.59 Å². The third-order valence-corrected chi connectivity index (χ3v) is 4.91. The average Bonchev–Trinajstić information content (AvgIpc) is 2.65. The topological polar surface area (TPSA) is 49.4 Å². The highest BCUT2D eigenvalue weighted by Crippen LogP contribution is 2.16. The molecule has 0 aliphatic carbocycles. The van der Waals surface area contributed by atoms with Crippen molar-refractivity contribution < 1.29 is 9.59 Å². The minimum Gasteiger partial charge on any atom is -0.354 e. The second kappa shape index (κ2) is 10.9. The normalized spacial score (nSPS) is 11.7. The molecular weight excluding hydrogens is 372 g/mol. The number of amides is 2. The highest BCUT2D eigenvalue weighted by Gasteiger charge is 2.26. The molecule has 0 radical (unpaired) electrons. The predicted molar refractivity (Wildman–Crippen MR) is 114 cm³/mol. The van der Waals surface area contributed by atoms with Crippen LogP contribution in [0.3, 0.4) is 0 Å². The zero-order chi connectivity index (χ0) is 20.5. The van der Waals surface area contributed by atoms with Crippen LogP contribution in [0.2, 0.25) is 5.02 Å². The van der Waals surface area contributed by atoms with Gasteiger partial charge in [-0.05, 0) is 43.5 Å². The minimum absolute atomic E-state index is 0.0954. The Morgan fingerprint density at radius 1 is 1.11 bits per heavy atom. The Morgan fingerprint density at radius 3 is 2.50 bits per heavy atom. The number of benzene rings is 2. The van der Waals surface area contributed by atoms with Gasteiger partial charge in [0.05, 0.1) is 6.42 Å². The fraction of sp³-hybridized carbons (Fsp3) is 0.391. The first-order chi connectivity index (χ1) is 13.4. The summed E-state index contributed by atoms with van der Waals surface area (Å²) in [4.78, 5) is 27.3. The molecule has 0 saturated carbocycles. The van der Waals surface area contributed by atoms with Crippen LogP contribution in [0, 0.1) is 6.92 Å². The van der Waals surface area contributed by atoms with Gasteiger partial charge in [-0.15, -0.1) is 0 Å². The summed E-state index contributed by atoms with van der Waals surface area (Å²) >= 11 is 6.05. The predicted octanol–water partition coefficient (Wildman–Crippen LogP) is 4.52. The number of aryl methyl sites for hydroxylation is 1. The van der Waals surface area contributed by atoms with Gasteiger partial charge in [0, 0.05) is 18.1 Å². The molecule has 0 heterocycles. The summed E-state index contributed by atoms with van der Waals surface area (Å²) in [6.07, 6.45) is 2.14. The lowest BCUT2D eigenvalue weighted by molar-refractivity contribution is -0.140. The fourth-order valence-corrected chi connectivity index (χ4v) is 3.26. The van der Waals surface area contributed by atoms with E-state index >= 15 is 0 Å². The number of nitrogens with zero attached hydrogens (tertiary/aromatic N) is 1. The molecule has 0 saturated heterocycles. The van der Waals surface area contributed by atoms with Gasteiger partial charge < -0.3 is 10.2 Å². The van der Waals surface area contributed by atoms with E-state index < -0.39 is 6.04 Å². The van der Waals surface area contributed by atoms with Crippen molar-refractivity contribution in [2.75, 3.05) is 6.54 Å². The molecule has 2 aromatic carbocycles. The summed E-state index contributed by atoms with van der Waals surface area (Å²) in [5.41, 5.74) is 2.97. The van der Waals surface area contributed by atoms with E-state index in [1.807, 2.05) is 43.3 Å². The summed E-state index contributed by atoms with van der Waals surface area (Å²) in [5.74, 6) is -0.220. The molecule has 2 amide bonds. The molecular formula is C23H29ClN2O2. The number of nitrogens with one attached hydrogen (secondary N) is 1. The minimum atomic E-state index is -0.552. The van der Waals surface area contributed by atoms with E-state index in [2.05, 4.69) is 12.2 Å². The van der Waals surface area contributed by atoms with Crippen LogP contribution in [0.15, 0.2) is 48.5 Å². The molecule has 0 aliphatic rings. The third kappa shape index (κ3) is 6.68. The Balaban J connectivity index is 2.18. The molecule has 1 N–H and O–H groups in total. The number of carbonyl (C=O) groups is 2. The highest BCUT2D eigenvalue weighted by molar-refractivity contribution is 6.30. The second-order valence-corrected chi connectivity index (χ2v) is 7.57. The van der Waals surface area contributed by atoms with Crippen molar-refractivity contribution in [3.05, 3.63) is 70.2 Å². The molecule has 28 heavy (non-hydrogen) atoms. The molecule has 2 aromatic rings. The maximum atomic E-state index is 13.1. The Hall–Kier alpha value is -2.33. The van der Waals surface area contributed by atoms with Gasteiger partial charge in [0.15, 0.2) is 0 Å². The molecule has 4 nitrogen and oxygen atoms in total. The van der Waals surface area contributed by atoms with Crippen LogP contribution in [0.5, 0.6) is 0 Å². The first-order valence-corrected chi connectivity index (χ1v) is 10.2. The first kappa shape index (κ1) is 22.0. The molecule has 5 heteroatoms. The molecule has 0 unspecified atom stereocenters. The second-order valence-electron chi connectivity index (χ2n) is 7.14. The lowest BCUT2D eigenvalue weighted by Gasteiger charge is -2.29. The van der Waals surface area contributed by atoms with Crippen LogP contribution in [-0.2, 0) is 22.6 Å². The van der Waals surface area contributed by atoms with Crippen LogP contribution in [0.4, 0.5) is 0 Å². The summed E-state index contributed by atoms with van der Waals surface area (Å²) in [6.45, 7) is 6.90. The van der Waals surface area contributed by atoms with E-state index in [-0.39, 0.29) is 18.2 Å². The van der Waals surface area contributed by atoms with Crippen molar-refractivity contribution in [3.63, 3.8) is 0 Å². The van der Waals surface area contributed by atoms with Crippen molar-refractivity contribution in [1.82, 2.24) is 10.2 Å². The van der Waals surface area contributed by atoms with Crippen molar-refractivity contribution in [2.24, 2.45) is 0 Å². The Bertz CT molecular complexity index is 807. The van der Waals surface area contributed by atoms with Gasteiger partial charge in [0.2, 0.25) is 11.8 Å². The van der Waals surface area contributed by atoms with Crippen molar-refractivity contribution in [1.29, 1.82) is 0 Å². The monoisotopic (exact) mass is 400 g/mol. The molecule has 0 fully saturated rings. The quantitative estimate of drug-likeness (QED) is 0.629. The van der Waals surface area contributed by atoms with Crippen LogP contribution in [0.25, 0.3) is 0 Å². The zero-order valence-electron chi connectivity index (χ0n) is 16.9. The Kier molecular flexibility index (Phi) is 8.52. The van der Waals surface area contributed by atoms with E-state index in [4.69, 9.17) is 11.6 Å². The van der Waals surface area contributed by atoms with Crippen molar-refractivity contribution in [3.8, 4) is 0 Å². The number of hydrogen-bond donors (Lipinski definition) is 1. The zero-order valence-corrected chi connectivity index (χ0v) is 17.6. The summed E-state index contributed by atoms with van der Waals surface area (Å²) < 4.78 is 0. The van der Waals surface area contributed by atoms with Gasteiger partial charge in [0.25, 0.3) is 0 Å². The standard InChI is InChI=1S/C23H29ClN2O2/c1-4-5-12-25-23(28)18(3)26(16-20-10-6-8-17(2)13-20)22(27)15-19-9-7-11-21(24)14-19/h6-11,13-14,18H,4-5,12,15-16H2,1-3H3,(H,25,28)/t18-/m0/s1. The summed E-state index contributed by atoms with van der Waals surface area (Å²) in [5, 5.41) is 3.53.